The summed E-state index contributed by atoms with van der Waals surface area (Å²) in [6.45, 7) is 9.42. The van der Waals surface area contributed by atoms with Gasteiger partial charge in [-0.1, -0.05) is 29.5 Å². The van der Waals surface area contributed by atoms with Gasteiger partial charge in [-0.3, -0.25) is 9.36 Å². The Bertz CT molecular complexity index is 1530. The van der Waals surface area contributed by atoms with E-state index in [9.17, 15) is 14.7 Å². The second-order valence-corrected chi connectivity index (χ2v) is 9.47. The van der Waals surface area contributed by atoms with Gasteiger partial charge in [-0.25, -0.2) is 9.79 Å². The Morgan fingerprint density at radius 3 is 2.57 bits per heavy atom. The van der Waals surface area contributed by atoms with E-state index >= 15 is 0 Å². The Kier molecular flexibility index (Phi) is 7.83. The van der Waals surface area contributed by atoms with Crippen molar-refractivity contribution in [2.75, 3.05) is 31.7 Å². The standard InChI is InChI=1S/C28H31N3O5S/c1-6-30(7-2)19-14-13-18(21(32)16-19)15-23-26(33)31-25(20-11-9-10-12-22(20)35-5)24(27(34)36-8-3)17(4)29-28(31)37-23/h9-16,25,32H,6-8H2,1-5H3/t25-/m0/s1. The van der Waals surface area contributed by atoms with E-state index in [2.05, 4.69) is 23.7 Å². The van der Waals surface area contributed by atoms with Crippen molar-refractivity contribution in [3.63, 3.8) is 0 Å². The van der Waals surface area contributed by atoms with Crippen LogP contribution in [0.4, 0.5) is 5.69 Å². The number of hydrogen-bond donors (Lipinski definition) is 1. The number of thiazole rings is 1. The fraction of sp³-hybridized carbons (Fsp3) is 0.321. The van der Waals surface area contributed by atoms with Crippen molar-refractivity contribution in [1.29, 1.82) is 0 Å². The Labute approximate surface area is 219 Å². The number of carbonyl (C=O) groups is 1. The molecule has 9 heteroatoms. The van der Waals surface area contributed by atoms with E-state index in [4.69, 9.17) is 9.47 Å². The molecule has 2 heterocycles. The number of rotatable bonds is 8. The van der Waals surface area contributed by atoms with Crippen molar-refractivity contribution < 1.29 is 19.4 Å². The summed E-state index contributed by atoms with van der Waals surface area (Å²) in [5.41, 5.74) is 2.54. The van der Waals surface area contributed by atoms with Gasteiger partial charge in [-0.15, -0.1) is 0 Å². The van der Waals surface area contributed by atoms with E-state index in [1.807, 2.05) is 24.3 Å². The van der Waals surface area contributed by atoms with Gasteiger partial charge in [-0.05, 0) is 52.0 Å². The second-order valence-electron chi connectivity index (χ2n) is 8.46. The maximum atomic E-state index is 13.8. The van der Waals surface area contributed by atoms with Crippen LogP contribution >= 0.6 is 11.3 Å². The lowest BCUT2D eigenvalue weighted by Gasteiger charge is -2.25. The molecular formula is C28H31N3O5S. The second kappa shape index (κ2) is 11.0. The third kappa shape index (κ3) is 4.91. The number of anilines is 1. The first kappa shape index (κ1) is 26.2. The molecule has 37 heavy (non-hydrogen) atoms. The van der Waals surface area contributed by atoms with Crippen LogP contribution in [0.5, 0.6) is 11.5 Å². The molecular weight excluding hydrogens is 490 g/mol. The minimum atomic E-state index is -0.771. The van der Waals surface area contributed by atoms with E-state index in [1.54, 1.807) is 45.2 Å². The topological polar surface area (TPSA) is 93.4 Å². The van der Waals surface area contributed by atoms with Gasteiger partial charge in [0.2, 0.25) is 0 Å². The summed E-state index contributed by atoms with van der Waals surface area (Å²) in [7, 11) is 1.55. The number of fused-ring (bicyclic) bond motifs is 1. The summed E-state index contributed by atoms with van der Waals surface area (Å²) in [4.78, 5) is 34.0. The quantitative estimate of drug-likeness (QED) is 0.457. The number of hydrogen-bond acceptors (Lipinski definition) is 8. The molecule has 1 aromatic heterocycles. The molecule has 0 saturated carbocycles. The molecule has 0 bridgehead atoms. The smallest absolute Gasteiger partial charge is 0.338 e. The van der Waals surface area contributed by atoms with Crippen LogP contribution in [0.1, 0.15) is 44.9 Å². The average Bonchev–Trinajstić information content (AvgIpc) is 3.19. The third-order valence-corrected chi connectivity index (χ3v) is 7.36. The minimum absolute atomic E-state index is 0.0832. The van der Waals surface area contributed by atoms with Crippen molar-refractivity contribution in [3.05, 3.63) is 84.5 Å². The van der Waals surface area contributed by atoms with Crippen LogP contribution in [0.25, 0.3) is 6.08 Å². The highest BCUT2D eigenvalue weighted by Crippen LogP contribution is 2.35. The predicted molar refractivity (Wildman–Crippen MR) is 145 cm³/mol. The number of ether oxygens (including phenoxy) is 2. The van der Waals surface area contributed by atoms with Gasteiger partial charge < -0.3 is 19.5 Å². The van der Waals surface area contributed by atoms with Gasteiger partial charge in [0.1, 0.15) is 17.5 Å². The molecule has 2 aromatic carbocycles. The van der Waals surface area contributed by atoms with E-state index in [-0.39, 0.29) is 23.5 Å². The number of carbonyl (C=O) groups excluding carboxylic acids is 1. The number of esters is 1. The molecule has 0 fully saturated rings. The molecule has 194 valence electrons. The summed E-state index contributed by atoms with van der Waals surface area (Å²) in [5.74, 6) is 0.0988. The fourth-order valence-electron chi connectivity index (χ4n) is 4.56. The number of aromatic hydroxyl groups is 1. The molecule has 1 aliphatic rings. The molecule has 4 rings (SSSR count). The average molecular weight is 522 g/mol. The Balaban J connectivity index is 1.92. The van der Waals surface area contributed by atoms with Crippen molar-refractivity contribution >= 4 is 29.1 Å². The lowest BCUT2D eigenvalue weighted by molar-refractivity contribution is -0.139. The number of phenolic OH excluding ortho intramolecular Hbond substituents is 1. The summed E-state index contributed by atoms with van der Waals surface area (Å²) in [6.07, 6.45) is 1.66. The SMILES string of the molecule is CCOC(=O)C1=C(C)N=c2sc(=Cc3ccc(N(CC)CC)cc3O)c(=O)n2[C@H]1c1ccccc1OC. The summed E-state index contributed by atoms with van der Waals surface area (Å²) in [6, 6.07) is 11.9. The molecule has 0 spiro atoms. The predicted octanol–water partition coefficient (Wildman–Crippen LogP) is 3.36. The van der Waals surface area contributed by atoms with Gasteiger partial charge >= 0.3 is 5.97 Å². The summed E-state index contributed by atoms with van der Waals surface area (Å²) >= 11 is 1.21. The van der Waals surface area contributed by atoms with Gasteiger partial charge in [0.05, 0.1) is 29.5 Å². The van der Waals surface area contributed by atoms with Crippen molar-refractivity contribution in [1.82, 2.24) is 4.57 Å². The van der Waals surface area contributed by atoms with Crippen LogP contribution < -0.4 is 24.5 Å². The van der Waals surface area contributed by atoms with Crippen LogP contribution in [0.2, 0.25) is 0 Å². The monoisotopic (exact) mass is 521 g/mol. The van der Waals surface area contributed by atoms with E-state index < -0.39 is 12.0 Å². The number of aromatic nitrogens is 1. The number of nitrogens with zero attached hydrogens (tertiary/aromatic N) is 3. The van der Waals surface area contributed by atoms with Gasteiger partial charge in [0, 0.05) is 36.0 Å². The van der Waals surface area contributed by atoms with Crippen LogP contribution in [0.15, 0.2) is 63.5 Å². The first-order chi connectivity index (χ1) is 17.8. The lowest BCUT2D eigenvalue weighted by Crippen LogP contribution is -2.40. The van der Waals surface area contributed by atoms with Gasteiger partial charge in [-0.2, -0.15) is 0 Å². The van der Waals surface area contributed by atoms with Gasteiger partial charge in [0.15, 0.2) is 4.80 Å². The minimum Gasteiger partial charge on any atom is -0.507 e. The zero-order valence-corrected chi connectivity index (χ0v) is 22.5. The number of allylic oxidation sites excluding steroid dienone is 1. The first-order valence-electron chi connectivity index (χ1n) is 12.2. The molecule has 1 aliphatic heterocycles. The highest BCUT2D eigenvalue weighted by Gasteiger charge is 2.34. The van der Waals surface area contributed by atoms with Gasteiger partial charge in [0.25, 0.3) is 5.56 Å². The summed E-state index contributed by atoms with van der Waals surface area (Å²) in [5, 5.41) is 10.7. The van der Waals surface area contributed by atoms with E-state index in [0.717, 1.165) is 18.8 Å². The van der Waals surface area contributed by atoms with Crippen molar-refractivity contribution in [3.8, 4) is 11.5 Å². The molecule has 0 radical (unpaired) electrons. The molecule has 0 unspecified atom stereocenters. The molecule has 3 aromatic rings. The number of phenols is 1. The van der Waals surface area contributed by atoms with Crippen molar-refractivity contribution in [2.24, 2.45) is 4.99 Å². The zero-order valence-electron chi connectivity index (χ0n) is 21.6. The maximum absolute atomic E-state index is 13.8. The molecule has 0 aliphatic carbocycles. The fourth-order valence-corrected chi connectivity index (χ4v) is 5.60. The number of benzene rings is 2. The molecule has 8 nitrogen and oxygen atoms in total. The maximum Gasteiger partial charge on any atom is 0.338 e. The Hall–Kier alpha value is -3.85. The highest BCUT2D eigenvalue weighted by atomic mass is 32.1. The number of para-hydroxylation sites is 1. The van der Waals surface area contributed by atoms with Crippen LogP contribution in [-0.4, -0.2) is 42.4 Å². The molecule has 0 amide bonds. The largest absolute Gasteiger partial charge is 0.507 e. The molecule has 0 saturated heterocycles. The highest BCUT2D eigenvalue weighted by molar-refractivity contribution is 7.07. The summed E-state index contributed by atoms with van der Waals surface area (Å²) < 4.78 is 12.8. The Morgan fingerprint density at radius 2 is 1.92 bits per heavy atom. The zero-order chi connectivity index (χ0) is 26.7. The van der Waals surface area contributed by atoms with E-state index in [1.165, 1.54) is 15.9 Å². The molecule has 1 atom stereocenters. The number of methoxy groups -OCH3 is 1. The third-order valence-electron chi connectivity index (χ3n) is 6.38. The lowest BCUT2D eigenvalue weighted by atomic mass is 9.95. The first-order valence-corrected chi connectivity index (χ1v) is 13.1. The normalized spacial score (nSPS) is 15.3. The van der Waals surface area contributed by atoms with Crippen molar-refractivity contribution in [2.45, 2.75) is 33.7 Å². The van der Waals surface area contributed by atoms with Crippen LogP contribution in [0, 0.1) is 0 Å². The van der Waals surface area contributed by atoms with Crippen LogP contribution in [0.3, 0.4) is 0 Å². The molecule has 1 N–H and O–H groups in total. The van der Waals surface area contributed by atoms with E-state index in [0.29, 0.717) is 31.9 Å². The van der Waals surface area contributed by atoms with Crippen LogP contribution in [-0.2, 0) is 9.53 Å². The Morgan fingerprint density at radius 1 is 1.19 bits per heavy atom.